The monoisotopic (exact) mass is 524 g/mol. The molecule has 10 heteroatoms. The van der Waals surface area contributed by atoms with Gasteiger partial charge >= 0.3 is 5.97 Å². The van der Waals surface area contributed by atoms with Gasteiger partial charge in [0.25, 0.3) is 5.91 Å². The second kappa shape index (κ2) is 10.8. The molecule has 0 saturated carbocycles. The Labute approximate surface area is 209 Å². The molecule has 1 aromatic heterocycles. The topological polar surface area (TPSA) is 92.8 Å². The first-order valence-corrected chi connectivity index (χ1v) is 14.4. The number of hydrogen-bond acceptors (Lipinski definition) is 6. The first-order chi connectivity index (χ1) is 16.3. The van der Waals surface area contributed by atoms with Gasteiger partial charge in [-0.1, -0.05) is 24.4 Å². The van der Waals surface area contributed by atoms with Gasteiger partial charge in [0.1, 0.15) is 5.00 Å². The van der Waals surface area contributed by atoms with Crippen molar-refractivity contribution >= 4 is 49.8 Å². The lowest BCUT2D eigenvalue weighted by atomic mass is 9.95. The number of aryl methyl sites for hydroxylation is 1. The Hall–Kier alpha value is -1.94. The van der Waals surface area contributed by atoms with Gasteiger partial charge in [0, 0.05) is 18.0 Å². The molecule has 0 atom stereocenters. The van der Waals surface area contributed by atoms with Crippen LogP contribution in [0.1, 0.15) is 76.6 Å². The van der Waals surface area contributed by atoms with E-state index in [9.17, 15) is 18.0 Å². The van der Waals surface area contributed by atoms with Gasteiger partial charge < -0.3 is 10.1 Å². The number of halogens is 1. The fourth-order valence-electron chi connectivity index (χ4n) is 4.51. The lowest BCUT2D eigenvalue weighted by Gasteiger charge is -2.20. The van der Waals surface area contributed by atoms with E-state index < -0.39 is 21.9 Å². The number of fused-ring (bicyclic) bond motifs is 1. The third-order valence-electron chi connectivity index (χ3n) is 6.26. The number of esters is 1. The lowest BCUT2D eigenvalue weighted by molar-refractivity contribution is 0.0526. The lowest BCUT2D eigenvalue weighted by Crippen LogP contribution is -2.32. The molecule has 0 radical (unpaired) electrons. The van der Waals surface area contributed by atoms with Crippen LogP contribution in [-0.2, 0) is 27.6 Å². The van der Waals surface area contributed by atoms with Crippen LogP contribution in [-0.4, -0.2) is 44.3 Å². The zero-order chi connectivity index (χ0) is 24.3. The molecule has 184 valence electrons. The van der Waals surface area contributed by atoms with Crippen LogP contribution in [0.5, 0.6) is 0 Å². The van der Waals surface area contributed by atoms with E-state index in [1.807, 2.05) is 0 Å². The normalized spacial score (nSPS) is 17.0. The number of benzene rings is 1. The van der Waals surface area contributed by atoms with E-state index in [0.717, 1.165) is 61.8 Å². The zero-order valence-electron chi connectivity index (χ0n) is 19.2. The molecule has 1 amide bonds. The summed E-state index contributed by atoms with van der Waals surface area (Å²) in [6.07, 6.45) is 7.28. The van der Waals surface area contributed by atoms with E-state index in [2.05, 4.69) is 5.32 Å². The molecule has 2 aromatic rings. The summed E-state index contributed by atoms with van der Waals surface area (Å²) >= 11 is 7.69. The molecule has 1 N–H and O–H groups in total. The van der Waals surface area contributed by atoms with Crippen molar-refractivity contribution in [3.63, 3.8) is 0 Å². The molecule has 0 spiro atoms. The average Bonchev–Trinajstić information content (AvgIpc) is 2.96. The Morgan fingerprint density at radius 1 is 1.09 bits per heavy atom. The van der Waals surface area contributed by atoms with Crippen molar-refractivity contribution in [2.45, 2.75) is 63.2 Å². The number of ether oxygens (including phenoxy) is 1. The van der Waals surface area contributed by atoms with Crippen molar-refractivity contribution in [3.8, 4) is 0 Å². The minimum atomic E-state index is -3.74. The van der Waals surface area contributed by atoms with E-state index in [-0.39, 0.29) is 22.1 Å². The molecule has 1 aliphatic carbocycles. The van der Waals surface area contributed by atoms with Crippen molar-refractivity contribution in [1.29, 1.82) is 0 Å². The number of carbonyl (C=O) groups excluding carboxylic acids is 2. The summed E-state index contributed by atoms with van der Waals surface area (Å²) in [5.41, 5.74) is 1.40. The highest BCUT2D eigenvalue weighted by atomic mass is 35.5. The van der Waals surface area contributed by atoms with E-state index in [1.54, 1.807) is 6.92 Å². The van der Waals surface area contributed by atoms with Crippen LogP contribution >= 0.6 is 22.9 Å². The molecule has 7 nitrogen and oxygen atoms in total. The Morgan fingerprint density at radius 2 is 1.79 bits per heavy atom. The molecule has 1 fully saturated rings. The number of anilines is 1. The quantitative estimate of drug-likeness (QED) is 0.519. The van der Waals surface area contributed by atoms with E-state index in [4.69, 9.17) is 16.3 Å². The molecule has 1 aromatic carbocycles. The van der Waals surface area contributed by atoms with Crippen LogP contribution in [0.3, 0.4) is 0 Å². The fourth-order valence-corrected chi connectivity index (χ4v) is 7.53. The number of hydrogen-bond donors (Lipinski definition) is 1. The Balaban J connectivity index is 1.64. The third kappa shape index (κ3) is 5.17. The number of sulfonamides is 1. The third-order valence-corrected chi connectivity index (χ3v) is 9.69. The Morgan fingerprint density at radius 3 is 2.50 bits per heavy atom. The van der Waals surface area contributed by atoms with Gasteiger partial charge in [-0.3, -0.25) is 4.79 Å². The largest absolute Gasteiger partial charge is 0.462 e. The molecular weight excluding hydrogens is 496 g/mol. The summed E-state index contributed by atoms with van der Waals surface area (Å²) < 4.78 is 33.2. The molecule has 4 rings (SSSR count). The summed E-state index contributed by atoms with van der Waals surface area (Å²) in [5, 5.41) is 3.39. The number of thiophene rings is 1. The molecule has 0 unspecified atom stereocenters. The highest BCUT2D eigenvalue weighted by Crippen LogP contribution is 2.39. The maximum Gasteiger partial charge on any atom is 0.341 e. The first kappa shape index (κ1) is 25.2. The number of nitrogens with one attached hydrogen (secondary N) is 1. The first-order valence-electron chi connectivity index (χ1n) is 11.8. The maximum atomic E-state index is 13.2. The Bertz CT molecular complexity index is 1180. The summed E-state index contributed by atoms with van der Waals surface area (Å²) in [6, 6.07) is 4.20. The second-order valence-corrected chi connectivity index (χ2v) is 12.0. The minimum Gasteiger partial charge on any atom is -0.462 e. The summed E-state index contributed by atoms with van der Waals surface area (Å²) in [5.74, 6) is -1.01. The maximum absolute atomic E-state index is 13.2. The average molecular weight is 525 g/mol. The smallest absolute Gasteiger partial charge is 0.341 e. The molecular formula is C24H29ClN2O5S2. The van der Waals surface area contributed by atoms with Crippen LogP contribution in [0.15, 0.2) is 23.1 Å². The van der Waals surface area contributed by atoms with Crippen LogP contribution in [0.25, 0.3) is 0 Å². The van der Waals surface area contributed by atoms with Crippen molar-refractivity contribution in [2.75, 3.05) is 25.0 Å². The van der Waals surface area contributed by atoms with Crippen LogP contribution in [0, 0.1) is 0 Å². The van der Waals surface area contributed by atoms with E-state index in [1.165, 1.54) is 33.8 Å². The van der Waals surface area contributed by atoms with Crippen LogP contribution in [0.2, 0.25) is 5.02 Å². The molecule has 2 heterocycles. The Kier molecular flexibility index (Phi) is 7.97. The standard InChI is InChI=1S/C24H29ClN2O5S2/c1-2-32-24(29)21-17-9-5-6-10-20(17)33-23(21)26-22(28)18-15-16(11-12-19(18)25)34(30,31)27-13-7-3-4-8-14-27/h11-12,15H,2-10,13-14H2,1H3,(H,26,28). The van der Waals surface area contributed by atoms with Gasteiger partial charge in [-0.25, -0.2) is 13.2 Å². The number of amides is 1. The summed E-state index contributed by atoms with van der Waals surface area (Å²) in [6.45, 7) is 2.91. The zero-order valence-corrected chi connectivity index (χ0v) is 21.6. The molecule has 34 heavy (non-hydrogen) atoms. The van der Waals surface area contributed by atoms with Gasteiger partial charge in [0.2, 0.25) is 10.0 Å². The van der Waals surface area contributed by atoms with Crippen molar-refractivity contribution in [3.05, 3.63) is 44.8 Å². The van der Waals surface area contributed by atoms with Gasteiger partial charge in [0.05, 0.1) is 27.7 Å². The predicted molar refractivity (Wildman–Crippen MR) is 134 cm³/mol. The van der Waals surface area contributed by atoms with Gasteiger partial charge in [-0.2, -0.15) is 4.31 Å². The van der Waals surface area contributed by atoms with Gasteiger partial charge in [-0.05, 0) is 69.2 Å². The number of carbonyl (C=O) groups is 2. The van der Waals surface area contributed by atoms with E-state index in [0.29, 0.717) is 23.7 Å². The number of rotatable bonds is 6. The van der Waals surface area contributed by atoms with Gasteiger partial charge in [-0.15, -0.1) is 11.3 Å². The molecule has 0 bridgehead atoms. The summed E-state index contributed by atoms with van der Waals surface area (Å²) in [7, 11) is -3.74. The van der Waals surface area contributed by atoms with Crippen LogP contribution < -0.4 is 5.32 Å². The van der Waals surface area contributed by atoms with E-state index >= 15 is 0 Å². The highest BCUT2D eigenvalue weighted by Gasteiger charge is 2.29. The predicted octanol–water partition coefficient (Wildman–Crippen LogP) is 5.27. The van der Waals surface area contributed by atoms with Crippen molar-refractivity contribution in [1.82, 2.24) is 4.31 Å². The molecule has 1 aliphatic heterocycles. The molecule has 2 aliphatic rings. The minimum absolute atomic E-state index is 0.0417. The van der Waals surface area contributed by atoms with Gasteiger partial charge in [0.15, 0.2) is 0 Å². The van der Waals surface area contributed by atoms with Crippen molar-refractivity contribution < 1.29 is 22.7 Å². The van der Waals surface area contributed by atoms with Crippen LogP contribution in [0.4, 0.5) is 5.00 Å². The fraction of sp³-hybridized carbons (Fsp3) is 0.500. The highest BCUT2D eigenvalue weighted by molar-refractivity contribution is 7.89. The SMILES string of the molecule is CCOC(=O)c1c(NC(=O)c2cc(S(=O)(=O)N3CCCCCC3)ccc2Cl)sc2c1CCCC2. The summed E-state index contributed by atoms with van der Waals surface area (Å²) in [4.78, 5) is 27.1. The second-order valence-electron chi connectivity index (χ2n) is 8.55. The number of nitrogens with zero attached hydrogens (tertiary/aromatic N) is 1. The molecule has 1 saturated heterocycles. The van der Waals surface area contributed by atoms with Crippen molar-refractivity contribution in [2.24, 2.45) is 0 Å².